The van der Waals surface area contributed by atoms with E-state index in [9.17, 15) is 18.0 Å². The van der Waals surface area contributed by atoms with E-state index < -0.39 is 11.9 Å². The molecule has 1 N–H and O–H groups in total. The van der Waals surface area contributed by atoms with Crippen LogP contribution in [0.2, 0.25) is 5.02 Å². The van der Waals surface area contributed by atoms with Gasteiger partial charge in [0.2, 0.25) is 5.91 Å². The van der Waals surface area contributed by atoms with E-state index in [0.29, 0.717) is 31.0 Å². The van der Waals surface area contributed by atoms with Crippen molar-refractivity contribution in [3.63, 3.8) is 0 Å². The molecule has 1 fully saturated rings. The van der Waals surface area contributed by atoms with Gasteiger partial charge in [-0.1, -0.05) is 29.8 Å². The molecule has 0 aliphatic carbocycles. The van der Waals surface area contributed by atoms with Gasteiger partial charge in [-0.3, -0.25) is 4.79 Å². The zero-order valence-corrected chi connectivity index (χ0v) is 16.0. The SMILES string of the molecule is Cc1nc(N2CCC(NC(=O)Cc3ccccc3Cl)CC2)cc(C(F)(F)F)n1. The highest BCUT2D eigenvalue weighted by Crippen LogP contribution is 2.30. The summed E-state index contributed by atoms with van der Waals surface area (Å²) >= 11 is 6.08. The number of anilines is 1. The molecule has 3 rings (SSSR count). The molecule has 0 bridgehead atoms. The van der Waals surface area contributed by atoms with Crippen LogP contribution in [0.3, 0.4) is 0 Å². The molecule has 2 aromatic rings. The lowest BCUT2D eigenvalue weighted by Crippen LogP contribution is -2.45. The molecule has 150 valence electrons. The van der Waals surface area contributed by atoms with E-state index in [-0.39, 0.29) is 30.0 Å². The second kappa shape index (κ2) is 8.34. The number of benzene rings is 1. The molecule has 1 aliphatic heterocycles. The number of aryl methyl sites for hydroxylation is 1. The summed E-state index contributed by atoms with van der Waals surface area (Å²) in [4.78, 5) is 21.7. The molecule has 0 radical (unpaired) electrons. The lowest BCUT2D eigenvalue weighted by molar-refractivity contribution is -0.141. The largest absolute Gasteiger partial charge is 0.433 e. The first-order chi connectivity index (χ1) is 13.2. The van der Waals surface area contributed by atoms with Crippen molar-refractivity contribution in [3.8, 4) is 0 Å². The Bertz CT molecular complexity index is 851. The lowest BCUT2D eigenvalue weighted by Gasteiger charge is -2.33. The predicted molar refractivity (Wildman–Crippen MR) is 100 cm³/mol. The second-order valence-electron chi connectivity index (χ2n) is 6.75. The minimum atomic E-state index is -4.51. The summed E-state index contributed by atoms with van der Waals surface area (Å²) in [7, 11) is 0. The summed E-state index contributed by atoms with van der Waals surface area (Å²) in [5, 5.41) is 3.52. The molecular formula is C19H20ClF3N4O. The number of amides is 1. The minimum absolute atomic E-state index is 0.0312. The van der Waals surface area contributed by atoms with Crippen molar-refractivity contribution in [3.05, 3.63) is 52.4 Å². The Morgan fingerprint density at radius 2 is 1.93 bits per heavy atom. The maximum atomic E-state index is 13.0. The first-order valence-corrected chi connectivity index (χ1v) is 9.31. The van der Waals surface area contributed by atoms with Gasteiger partial charge in [0.25, 0.3) is 0 Å². The van der Waals surface area contributed by atoms with E-state index in [2.05, 4.69) is 15.3 Å². The Kier molecular flexibility index (Phi) is 6.07. The third kappa shape index (κ3) is 5.13. The molecule has 0 spiro atoms. The number of halogens is 4. The standard InChI is InChI=1S/C19H20ClF3N4O/c1-12-24-16(19(21,22)23)11-17(25-12)27-8-6-14(7-9-27)26-18(28)10-13-4-2-3-5-15(13)20/h2-5,11,14H,6-10H2,1H3,(H,26,28). The van der Waals surface area contributed by atoms with Crippen LogP contribution in [0.1, 0.15) is 29.9 Å². The molecule has 5 nitrogen and oxygen atoms in total. The van der Waals surface area contributed by atoms with E-state index >= 15 is 0 Å². The molecule has 28 heavy (non-hydrogen) atoms. The Hall–Kier alpha value is -2.35. The first-order valence-electron chi connectivity index (χ1n) is 8.93. The van der Waals surface area contributed by atoms with Gasteiger partial charge >= 0.3 is 6.18 Å². The van der Waals surface area contributed by atoms with Crippen LogP contribution in [0.25, 0.3) is 0 Å². The highest BCUT2D eigenvalue weighted by molar-refractivity contribution is 6.31. The van der Waals surface area contributed by atoms with Crippen LogP contribution in [0.5, 0.6) is 0 Å². The normalized spacial score (nSPS) is 15.5. The Balaban J connectivity index is 1.57. The Morgan fingerprint density at radius 3 is 2.57 bits per heavy atom. The van der Waals surface area contributed by atoms with Crippen LogP contribution in [0.4, 0.5) is 19.0 Å². The van der Waals surface area contributed by atoms with Crippen LogP contribution in [0, 0.1) is 6.92 Å². The number of hydrogen-bond acceptors (Lipinski definition) is 4. The fourth-order valence-corrected chi connectivity index (χ4v) is 3.41. The molecule has 1 aromatic carbocycles. The summed E-state index contributed by atoms with van der Waals surface area (Å²) in [6, 6.07) is 8.12. The number of hydrogen-bond donors (Lipinski definition) is 1. The van der Waals surface area contributed by atoms with Gasteiger partial charge in [0.15, 0.2) is 0 Å². The predicted octanol–water partition coefficient (Wildman–Crippen LogP) is 3.78. The number of alkyl halides is 3. The monoisotopic (exact) mass is 412 g/mol. The summed E-state index contributed by atoms with van der Waals surface area (Å²) in [5.41, 5.74) is -0.180. The summed E-state index contributed by atoms with van der Waals surface area (Å²) < 4.78 is 38.9. The molecule has 1 amide bonds. The molecule has 0 unspecified atom stereocenters. The number of carbonyl (C=O) groups excluding carboxylic acids is 1. The van der Waals surface area contributed by atoms with Gasteiger partial charge in [-0.25, -0.2) is 9.97 Å². The molecule has 9 heteroatoms. The van der Waals surface area contributed by atoms with Crippen LogP contribution in [0.15, 0.2) is 30.3 Å². The van der Waals surface area contributed by atoms with Gasteiger partial charge in [-0.05, 0) is 31.4 Å². The van der Waals surface area contributed by atoms with Gasteiger partial charge in [-0.2, -0.15) is 13.2 Å². The van der Waals surface area contributed by atoms with E-state index in [1.165, 1.54) is 6.92 Å². The highest BCUT2D eigenvalue weighted by Gasteiger charge is 2.34. The van der Waals surface area contributed by atoms with Gasteiger partial charge in [-0.15, -0.1) is 0 Å². The molecule has 0 saturated carbocycles. The fraction of sp³-hybridized carbons (Fsp3) is 0.421. The van der Waals surface area contributed by atoms with Crippen molar-refractivity contribution in [1.82, 2.24) is 15.3 Å². The Labute approximate surface area is 165 Å². The van der Waals surface area contributed by atoms with Crippen molar-refractivity contribution in [2.24, 2.45) is 0 Å². The molecule has 0 atom stereocenters. The summed E-state index contributed by atoms with van der Waals surface area (Å²) in [6.45, 7) is 2.45. The third-order valence-corrected chi connectivity index (χ3v) is 4.98. The molecule has 1 aliphatic rings. The Morgan fingerprint density at radius 1 is 1.25 bits per heavy atom. The summed E-state index contributed by atoms with van der Waals surface area (Å²) in [6.07, 6.45) is -3.06. The van der Waals surface area contributed by atoms with Crippen LogP contribution < -0.4 is 10.2 Å². The van der Waals surface area contributed by atoms with Crippen molar-refractivity contribution >= 4 is 23.3 Å². The molecule has 2 heterocycles. The zero-order valence-electron chi connectivity index (χ0n) is 15.3. The quantitative estimate of drug-likeness (QED) is 0.830. The zero-order chi connectivity index (χ0) is 20.3. The van der Waals surface area contributed by atoms with Crippen molar-refractivity contribution in [1.29, 1.82) is 0 Å². The van der Waals surface area contributed by atoms with Gasteiger partial charge < -0.3 is 10.2 Å². The average molecular weight is 413 g/mol. The van der Waals surface area contributed by atoms with Crippen LogP contribution >= 0.6 is 11.6 Å². The van der Waals surface area contributed by atoms with Crippen molar-refractivity contribution in [2.75, 3.05) is 18.0 Å². The number of piperidine rings is 1. The number of nitrogens with zero attached hydrogens (tertiary/aromatic N) is 3. The molecule has 1 saturated heterocycles. The molecular weight excluding hydrogens is 393 g/mol. The van der Waals surface area contributed by atoms with E-state index in [4.69, 9.17) is 11.6 Å². The maximum Gasteiger partial charge on any atom is 0.433 e. The number of nitrogens with one attached hydrogen (secondary N) is 1. The maximum absolute atomic E-state index is 13.0. The minimum Gasteiger partial charge on any atom is -0.356 e. The fourth-order valence-electron chi connectivity index (χ4n) is 3.21. The van der Waals surface area contributed by atoms with E-state index in [0.717, 1.165) is 11.6 Å². The van der Waals surface area contributed by atoms with Crippen molar-refractivity contribution in [2.45, 2.75) is 38.4 Å². The number of carbonyl (C=O) groups is 1. The third-order valence-electron chi connectivity index (χ3n) is 4.61. The van der Waals surface area contributed by atoms with Gasteiger partial charge in [0.1, 0.15) is 17.3 Å². The van der Waals surface area contributed by atoms with Crippen LogP contribution in [-0.2, 0) is 17.4 Å². The van der Waals surface area contributed by atoms with Crippen molar-refractivity contribution < 1.29 is 18.0 Å². The van der Waals surface area contributed by atoms with Crippen LogP contribution in [-0.4, -0.2) is 35.0 Å². The summed E-state index contributed by atoms with van der Waals surface area (Å²) in [5.74, 6) is 0.226. The molecule has 1 aromatic heterocycles. The van der Waals surface area contributed by atoms with E-state index in [1.54, 1.807) is 23.1 Å². The first kappa shape index (κ1) is 20.4. The second-order valence-corrected chi connectivity index (χ2v) is 7.16. The van der Waals surface area contributed by atoms with Gasteiger partial charge in [0.05, 0.1) is 6.42 Å². The average Bonchev–Trinajstić information content (AvgIpc) is 2.63. The highest BCUT2D eigenvalue weighted by atomic mass is 35.5. The lowest BCUT2D eigenvalue weighted by atomic mass is 10.0. The van der Waals surface area contributed by atoms with Gasteiger partial charge in [0, 0.05) is 30.2 Å². The topological polar surface area (TPSA) is 58.1 Å². The number of rotatable bonds is 4. The smallest absolute Gasteiger partial charge is 0.356 e. The van der Waals surface area contributed by atoms with E-state index in [1.807, 2.05) is 6.07 Å². The number of aromatic nitrogens is 2.